The molecule has 0 radical (unpaired) electrons. The average molecular weight is 442 g/mol. The Bertz CT molecular complexity index is 1170. The summed E-state index contributed by atoms with van der Waals surface area (Å²) in [6.07, 6.45) is 6.71. The summed E-state index contributed by atoms with van der Waals surface area (Å²) in [7, 11) is 0. The highest BCUT2D eigenvalue weighted by Gasteiger charge is 2.35. The fourth-order valence-electron chi connectivity index (χ4n) is 4.45. The first-order chi connectivity index (χ1) is 16.0. The van der Waals surface area contributed by atoms with E-state index in [2.05, 4.69) is 36.4 Å². The van der Waals surface area contributed by atoms with Crippen LogP contribution in [0.15, 0.2) is 78.9 Å². The molecule has 2 aliphatic rings. The summed E-state index contributed by atoms with van der Waals surface area (Å²) in [5, 5.41) is 8.98. The Labute approximate surface area is 193 Å². The van der Waals surface area contributed by atoms with Crippen molar-refractivity contribution < 1.29 is 19.4 Å². The lowest BCUT2D eigenvalue weighted by molar-refractivity contribution is -0.150. The molecule has 2 atom stereocenters. The molecule has 0 saturated heterocycles. The molecule has 0 spiro atoms. The number of hydrogen-bond donors (Lipinski definition) is 2. The van der Waals surface area contributed by atoms with E-state index in [9.17, 15) is 9.59 Å². The topological polar surface area (TPSA) is 89.6 Å². The second-order valence-electron chi connectivity index (χ2n) is 8.29. The molecule has 3 aromatic carbocycles. The van der Waals surface area contributed by atoms with Crippen molar-refractivity contribution in [3.63, 3.8) is 0 Å². The van der Waals surface area contributed by atoms with Crippen LogP contribution in [-0.4, -0.2) is 23.6 Å². The number of rotatable bonds is 5. The second-order valence-corrected chi connectivity index (χ2v) is 8.29. The minimum atomic E-state index is -0.940. The van der Waals surface area contributed by atoms with Crippen molar-refractivity contribution >= 4 is 18.0 Å². The zero-order valence-electron chi connectivity index (χ0n) is 18.3. The SMILES string of the molecule is C1=Cc2ccccc2C1.NCC(=O)OC1c2ccccc2CC1Cc1ccc(C(=O)O)cc1. The molecule has 168 valence electrons. The van der Waals surface area contributed by atoms with Gasteiger partial charge in [-0.2, -0.15) is 0 Å². The maximum absolute atomic E-state index is 11.7. The normalized spacial score (nSPS) is 17.5. The van der Waals surface area contributed by atoms with Gasteiger partial charge in [-0.15, -0.1) is 0 Å². The number of ether oxygens (including phenoxy) is 1. The van der Waals surface area contributed by atoms with E-state index in [0.29, 0.717) is 6.42 Å². The van der Waals surface area contributed by atoms with Gasteiger partial charge in [0, 0.05) is 5.92 Å². The number of carboxylic acids is 1. The number of carbonyl (C=O) groups is 2. The van der Waals surface area contributed by atoms with Crippen molar-refractivity contribution in [1.82, 2.24) is 0 Å². The summed E-state index contributed by atoms with van der Waals surface area (Å²) in [5.74, 6) is -1.24. The van der Waals surface area contributed by atoms with Gasteiger partial charge in [-0.25, -0.2) is 4.79 Å². The van der Waals surface area contributed by atoms with Gasteiger partial charge in [-0.1, -0.05) is 72.8 Å². The Hall–Kier alpha value is -3.70. The molecule has 5 heteroatoms. The molecule has 2 aliphatic carbocycles. The molecular formula is C28H27NO4. The lowest BCUT2D eigenvalue weighted by Crippen LogP contribution is -2.23. The van der Waals surface area contributed by atoms with Gasteiger partial charge >= 0.3 is 11.9 Å². The van der Waals surface area contributed by atoms with Gasteiger partial charge in [0.25, 0.3) is 0 Å². The molecule has 0 bridgehead atoms. The lowest BCUT2D eigenvalue weighted by atomic mass is 9.94. The van der Waals surface area contributed by atoms with Gasteiger partial charge in [0.1, 0.15) is 6.10 Å². The predicted molar refractivity (Wildman–Crippen MR) is 128 cm³/mol. The van der Waals surface area contributed by atoms with E-state index in [1.54, 1.807) is 12.1 Å². The molecule has 0 heterocycles. The minimum Gasteiger partial charge on any atom is -0.478 e. The van der Waals surface area contributed by atoms with Crippen molar-refractivity contribution in [2.75, 3.05) is 6.54 Å². The van der Waals surface area contributed by atoms with Gasteiger partial charge in [-0.3, -0.25) is 4.79 Å². The smallest absolute Gasteiger partial charge is 0.335 e. The fraction of sp³-hybridized carbons (Fsp3) is 0.214. The van der Waals surface area contributed by atoms with E-state index < -0.39 is 11.9 Å². The Morgan fingerprint density at radius 3 is 2.33 bits per heavy atom. The van der Waals surface area contributed by atoms with Crippen LogP contribution < -0.4 is 5.73 Å². The molecule has 3 N–H and O–H groups in total. The summed E-state index contributed by atoms with van der Waals surface area (Å²) in [6.45, 7) is -0.140. The molecule has 0 aliphatic heterocycles. The first kappa shape index (κ1) is 22.5. The number of fused-ring (bicyclic) bond motifs is 2. The van der Waals surface area contributed by atoms with Crippen LogP contribution in [0, 0.1) is 5.92 Å². The summed E-state index contributed by atoms with van der Waals surface area (Å²) < 4.78 is 5.58. The van der Waals surface area contributed by atoms with Crippen molar-refractivity contribution in [3.05, 3.63) is 112 Å². The summed E-state index contributed by atoms with van der Waals surface area (Å²) >= 11 is 0. The van der Waals surface area contributed by atoms with E-state index >= 15 is 0 Å². The highest BCUT2D eigenvalue weighted by molar-refractivity contribution is 5.87. The number of benzene rings is 3. The number of hydrogen-bond acceptors (Lipinski definition) is 4. The van der Waals surface area contributed by atoms with Crippen LogP contribution >= 0.6 is 0 Å². The van der Waals surface area contributed by atoms with E-state index in [1.165, 1.54) is 16.7 Å². The van der Waals surface area contributed by atoms with Crippen molar-refractivity contribution in [1.29, 1.82) is 0 Å². The second kappa shape index (κ2) is 10.3. The third-order valence-electron chi connectivity index (χ3n) is 6.09. The van der Waals surface area contributed by atoms with E-state index in [1.807, 2.05) is 36.4 Å². The molecule has 5 nitrogen and oxygen atoms in total. The van der Waals surface area contributed by atoms with E-state index in [-0.39, 0.29) is 24.1 Å². The third-order valence-corrected chi connectivity index (χ3v) is 6.09. The summed E-state index contributed by atoms with van der Waals surface area (Å²) in [5.41, 5.74) is 11.7. The van der Waals surface area contributed by atoms with Gasteiger partial charge < -0.3 is 15.6 Å². The van der Waals surface area contributed by atoms with E-state index in [4.69, 9.17) is 15.6 Å². The molecular weight excluding hydrogens is 414 g/mol. The van der Waals surface area contributed by atoms with Crippen LogP contribution in [0.5, 0.6) is 0 Å². The van der Waals surface area contributed by atoms with Crippen molar-refractivity contribution in [2.24, 2.45) is 11.7 Å². The first-order valence-corrected chi connectivity index (χ1v) is 11.1. The Balaban J connectivity index is 0.000000238. The number of carboxylic acid groups (broad SMARTS) is 1. The molecule has 33 heavy (non-hydrogen) atoms. The Kier molecular flexibility index (Phi) is 7.01. The monoisotopic (exact) mass is 441 g/mol. The Morgan fingerprint density at radius 1 is 0.939 bits per heavy atom. The Morgan fingerprint density at radius 2 is 1.64 bits per heavy atom. The van der Waals surface area contributed by atoms with Crippen LogP contribution in [0.3, 0.4) is 0 Å². The van der Waals surface area contributed by atoms with Crippen LogP contribution in [0.4, 0.5) is 0 Å². The fourth-order valence-corrected chi connectivity index (χ4v) is 4.45. The van der Waals surface area contributed by atoms with Crippen LogP contribution in [0.25, 0.3) is 6.08 Å². The van der Waals surface area contributed by atoms with Crippen LogP contribution in [0.1, 0.15) is 44.3 Å². The molecule has 0 aromatic heterocycles. The lowest BCUT2D eigenvalue weighted by Gasteiger charge is -2.21. The highest BCUT2D eigenvalue weighted by atomic mass is 16.5. The van der Waals surface area contributed by atoms with Crippen molar-refractivity contribution in [2.45, 2.75) is 25.4 Å². The van der Waals surface area contributed by atoms with Crippen LogP contribution in [-0.2, 0) is 28.8 Å². The summed E-state index contributed by atoms with van der Waals surface area (Å²) in [4.78, 5) is 22.6. The molecule has 5 rings (SSSR count). The predicted octanol–water partition coefficient (Wildman–Crippen LogP) is 4.60. The third kappa shape index (κ3) is 5.38. The number of nitrogens with two attached hydrogens (primary N) is 1. The largest absolute Gasteiger partial charge is 0.478 e. The number of aromatic carboxylic acids is 1. The maximum atomic E-state index is 11.7. The minimum absolute atomic E-state index is 0.119. The molecule has 2 unspecified atom stereocenters. The van der Waals surface area contributed by atoms with Gasteiger partial charge in [-0.05, 0) is 59.2 Å². The molecule has 3 aromatic rings. The number of esters is 1. The zero-order valence-corrected chi connectivity index (χ0v) is 18.3. The highest BCUT2D eigenvalue weighted by Crippen LogP contribution is 2.40. The zero-order chi connectivity index (χ0) is 23.2. The number of allylic oxidation sites excluding steroid dienone is 1. The molecule has 0 fully saturated rings. The molecule has 0 amide bonds. The molecule has 0 saturated carbocycles. The quantitative estimate of drug-likeness (QED) is 0.565. The average Bonchev–Trinajstić information content (AvgIpc) is 3.45. The van der Waals surface area contributed by atoms with Crippen molar-refractivity contribution in [3.8, 4) is 0 Å². The van der Waals surface area contributed by atoms with Gasteiger partial charge in [0.05, 0.1) is 12.1 Å². The van der Waals surface area contributed by atoms with E-state index in [0.717, 1.165) is 24.0 Å². The standard InChI is InChI=1S/C19H19NO4.C9H8/c20-11-17(21)24-18-15(10-14-3-1-2-4-16(14)18)9-12-5-7-13(8-6-12)19(22)23;1-2-5-9-7-3-6-8(9)4-1/h1-8,15,18H,9-11,20H2,(H,22,23);1-6H,7H2. The first-order valence-electron chi connectivity index (χ1n) is 11.1. The number of carbonyl (C=O) groups excluding carboxylic acids is 1. The van der Waals surface area contributed by atoms with Crippen LogP contribution in [0.2, 0.25) is 0 Å². The van der Waals surface area contributed by atoms with Gasteiger partial charge in [0.15, 0.2) is 0 Å². The maximum Gasteiger partial charge on any atom is 0.335 e. The summed E-state index contributed by atoms with van der Waals surface area (Å²) in [6, 6.07) is 23.3. The van der Waals surface area contributed by atoms with Gasteiger partial charge in [0.2, 0.25) is 0 Å².